The van der Waals surface area contributed by atoms with E-state index in [0.717, 1.165) is 25.7 Å². The lowest BCUT2D eigenvalue weighted by atomic mass is 9.99. The lowest BCUT2D eigenvalue weighted by Crippen LogP contribution is -2.26. The highest BCUT2D eigenvalue weighted by atomic mass is 16.1. The fourth-order valence-corrected chi connectivity index (χ4v) is 1.13. The molecule has 0 rings (SSSR count). The molecule has 0 aliphatic heterocycles. The van der Waals surface area contributed by atoms with Crippen LogP contribution in [0.5, 0.6) is 0 Å². The minimum Gasteiger partial charge on any atom is -0.274 e. The van der Waals surface area contributed by atoms with Crippen molar-refractivity contribution in [1.82, 2.24) is 5.32 Å². The molecule has 3 nitrogen and oxygen atoms in total. The molecule has 0 radical (unpaired) electrons. The zero-order chi connectivity index (χ0) is 9.40. The first-order valence-corrected chi connectivity index (χ1v) is 4.45. The van der Waals surface area contributed by atoms with Crippen molar-refractivity contribution in [2.75, 3.05) is 0 Å². The molecule has 0 saturated carbocycles. The van der Waals surface area contributed by atoms with Gasteiger partial charge in [0.2, 0.25) is 5.91 Å². The minimum atomic E-state index is -0.131. The third-order valence-electron chi connectivity index (χ3n) is 1.95. The summed E-state index contributed by atoms with van der Waals surface area (Å²) in [5.41, 5.74) is 0. The average molecular weight is 168 g/mol. The third kappa shape index (κ3) is 3.97. The van der Waals surface area contributed by atoms with Crippen LogP contribution in [0.3, 0.4) is 0 Å². The molecule has 1 N–H and O–H groups in total. The maximum Gasteiger partial charge on any atom is 0.236 e. The van der Waals surface area contributed by atoms with E-state index in [1.165, 1.54) is 0 Å². The monoisotopic (exact) mass is 168 g/mol. The topological polar surface area (TPSA) is 52.9 Å². The van der Waals surface area contributed by atoms with Crippen molar-refractivity contribution < 1.29 is 4.79 Å². The van der Waals surface area contributed by atoms with Gasteiger partial charge in [0, 0.05) is 5.92 Å². The third-order valence-corrected chi connectivity index (χ3v) is 1.95. The van der Waals surface area contributed by atoms with Gasteiger partial charge in [-0.3, -0.25) is 10.1 Å². The van der Waals surface area contributed by atoms with Gasteiger partial charge >= 0.3 is 0 Å². The molecule has 0 aromatic carbocycles. The summed E-state index contributed by atoms with van der Waals surface area (Å²) in [6.07, 6.45) is 5.51. The second kappa shape index (κ2) is 6.66. The zero-order valence-corrected chi connectivity index (χ0v) is 7.76. The fourth-order valence-electron chi connectivity index (χ4n) is 1.13. The zero-order valence-electron chi connectivity index (χ0n) is 7.76. The highest BCUT2D eigenvalue weighted by Crippen LogP contribution is 2.11. The number of hydrogen-bond donors (Lipinski definition) is 1. The lowest BCUT2D eigenvalue weighted by molar-refractivity contribution is -0.124. The van der Waals surface area contributed by atoms with Gasteiger partial charge in [0.25, 0.3) is 0 Å². The van der Waals surface area contributed by atoms with E-state index < -0.39 is 0 Å². The second-order valence-electron chi connectivity index (χ2n) is 2.85. The summed E-state index contributed by atoms with van der Waals surface area (Å²) in [5, 5.41) is 10.4. The minimum absolute atomic E-state index is 0.0181. The smallest absolute Gasteiger partial charge is 0.236 e. The molecule has 0 spiro atoms. The number of unbranched alkanes of at least 4 members (excludes halogenated alkanes) is 1. The molecule has 12 heavy (non-hydrogen) atoms. The maximum atomic E-state index is 11.1. The Morgan fingerprint density at radius 3 is 2.67 bits per heavy atom. The Hall–Kier alpha value is -1.04. The van der Waals surface area contributed by atoms with Crippen LogP contribution in [-0.4, -0.2) is 5.91 Å². The largest absolute Gasteiger partial charge is 0.274 e. The van der Waals surface area contributed by atoms with Crippen molar-refractivity contribution in [2.45, 2.75) is 39.5 Å². The van der Waals surface area contributed by atoms with Crippen LogP contribution in [0.25, 0.3) is 0 Å². The molecule has 0 aliphatic carbocycles. The molecule has 0 fully saturated rings. The van der Waals surface area contributed by atoms with Gasteiger partial charge in [-0.15, -0.1) is 0 Å². The first-order chi connectivity index (χ1) is 5.76. The number of nitrogens with one attached hydrogen (secondary N) is 1. The number of carbonyl (C=O) groups excluding carboxylic acids is 1. The van der Waals surface area contributed by atoms with E-state index in [2.05, 4.69) is 12.2 Å². The van der Waals surface area contributed by atoms with Crippen LogP contribution in [-0.2, 0) is 4.79 Å². The Balaban J connectivity index is 3.81. The average Bonchev–Trinajstić information content (AvgIpc) is 2.06. The van der Waals surface area contributed by atoms with E-state index in [0.29, 0.717) is 0 Å². The van der Waals surface area contributed by atoms with E-state index in [9.17, 15) is 4.79 Å². The summed E-state index contributed by atoms with van der Waals surface area (Å²) in [6.45, 7) is 4.06. The van der Waals surface area contributed by atoms with E-state index >= 15 is 0 Å². The van der Waals surface area contributed by atoms with Crippen LogP contribution in [0, 0.1) is 17.4 Å². The summed E-state index contributed by atoms with van der Waals surface area (Å²) >= 11 is 0. The van der Waals surface area contributed by atoms with Crippen molar-refractivity contribution in [3.05, 3.63) is 0 Å². The number of hydrogen-bond acceptors (Lipinski definition) is 2. The van der Waals surface area contributed by atoms with Crippen molar-refractivity contribution >= 4 is 5.91 Å². The maximum absolute atomic E-state index is 11.1. The Labute approximate surface area is 73.8 Å². The first kappa shape index (κ1) is 11.0. The number of amides is 1. The standard InChI is InChI=1S/C9H16N2O/c1-3-5-6-8(4-2)9(12)11-7-10/h8H,3-6H2,1-2H3,(H,11,12). The molecule has 3 heteroatoms. The summed E-state index contributed by atoms with van der Waals surface area (Å²) in [4.78, 5) is 11.1. The van der Waals surface area contributed by atoms with Crippen LogP contribution in [0.2, 0.25) is 0 Å². The van der Waals surface area contributed by atoms with Crippen molar-refractivity contribution in [1.29, 1.82) is 5.26 Å². The Morgan fingerprint density at radius 2 is 2.25 bits per heavy atom. The SMILES string of the molecule is CCCCC(CC)C(=O)NC#N. The molecule has 0 heterocycles. The second-order valence-corrected chi connectivity index (χ2v) is 2.85. The first-order valence-electron chi connectivity index (χ1n) is 4.45. The lowest BCUT2D eigenvalue weighted by Gasteiger charge is -2.10. The molecular weight excluding hydrogens is 152 g/mol. The molecule has 68 valence electrons. The highest BCUT2D eigenvalue weighted by Gasteiger charge is 2.14. The van der Waals surface area contributed by atoms with Gasteiger partial charge in [0.1, 0.15) is 0 Å². The van der Waals surface area contributed by atoms with Gasteiger partial charge in [-0.1, -0.05) is 26.7 Å². The summed E-state index contributed by atoms with van der Waals surface area (Å²) in [6, 6.07) is 0. The van der Waals surface area contributed by atoms with Crippen LogP contribution in [0.1, 0.15) is 39.5 Å². The summed E-state index contributed by atoms with van der Waals surface area (Å²) < 4.78 is 0. The summed E-state index contributed by atoms with van der Waals surface area (Å²) in [5.74, 6) is -0.113. The predicted octanol–water partition coefficient (Wildman–Crippen LogP) is 1.80. The molecule has 1 unspecified atom stereocenters. The molecule has 1 amide bonds. The van der Waals surface area contributed by atoms with Crippen LogP contribution in [0.15, 0.2) is 0 Å². The molecule has 0 aromatic heterocycles. The van der Waals surface area contributed by atoms with E-state index in [1.807, 2.05) is 6.92 Å². The number of nitrogens with zero attached hydrogens (tertiary/aromatic N) is 1. The van der Waals surface area contributed by atoms with Crippen LogP contribution >= 0.6 is 0 Å². The highest BCUT2D eigenvalue weighted by molar-refractivity contribution is 5.79. The van der Waals surface area contributed by atoms with Gasteiger partial charge in [-0.05, 0) is 12.8 Å². The van der Waals surface area contributed by atoms with Gasteiger partial charge in [0.05, 0.1) is 0 Å². The van der Waals surface area contributed by atoms with Crippen LogP contribution < -0.4 is 5.32 Å². The molecule has 0 aromatic rings. The molecule has 0 aliphatic rings. The van der Waals surface area contributed by atoms with Gasteiger partial charge in [-0.25, -0.2) is 0 Å². The summed E-state index contributed by atoms with van der Waals surface area (Å²) in [7, 11) is 0. The van der Waals surface area contributed by atoms with Crippen molar-refractivity contribution in [2.24, 2.45) is 5.92 Å². The molecular formula is C9H16N2O. The van der Waals surface area contributed by atoms with Crippen LogP contribution in [0.4, 0.5) is 0 Å². The fraction of sp³-hybridized carbons (Fsp3) is 0.778. The normalized spacial score (nSPS) is 11.8. The van der Waals surface area contributed by atoms with Gasteiger partial charge in [0.15, 0.2) is 6.19 Å². The predicted molar refractivity (Wildman–Crippen MR) is 47.1 cm³/mol. The van der Waals surface area contributed by atoms with Gasteiger partial charge in [-0.2, -0.15) is 5.26 Å². The Morgan fingerprint density at radius 1 is 1.58 bits per heavy atom. The Kier molecular flexibility index (Phi) is 6.08. The number of nitriles is 1. The number of carbonyl (C=O) groups is 1. The van der Waals surface area contributed by atoms with E-state index in [4.69, 9.17) is 5.26 Å². The molecule has 0 saturated heterocycles. The molecule has 0 bridgehead atoms. The molecule has 1 atom stereocenters. The van der Waals surface area contributed by atoms with E-state index in [1.54, 1.807) is 6.19 Å². The van der Waals surface area contributed by atoms with E-state index in [-0.39, 0.29) is 11.8 Å². The number of rotatable bonds is 5. The van der Waals surface area contributed by atoms with Crippen molar-refractivity contribution in [3.8, 4) is 6.19 Å². The Bertz CT molecular complexity index is 172. The quantitative estimate of drug-likeness (QED) is 0.502. The van der Waals surface area contributed by atoms with Crippen molar-refractivity contribution in [3.63, 3.8) is 0 Å². The van der Waals surface area contributed by atoms with Gasteiger partial charge < -0.3 is 0 Å².